The molecule has 2 fully saturated rings. The van der Waals surface area contributed by atoms with Gasteiger partial charge in [0.15, 0.2) is 0 Å². The average molecular weight is 368 g/mol. The average Bonchev–Trinajstić information content (AvgIpc) is 3.18. The van der Waals surface area contributed by atoms with Crippen LogP contribution in [0.3, 0.4) is 0 Å². The molecule has 2 saturated heterocycles. The zero-order chi connectivity index (χ0) is 18.9. The van der Waals surface area contributed by atoms with E-state index in [1.807, 2.05) is 36.0 Å². The molecule has 1 aromatic carbocycles. The molecule has 2 N–H and O–H groups in total. The van der Waals surface area contributed by atoms with Crippen molar-refractivity contribution in [2.45, 2.75) is 50.7 Å². The number of aryl methyl sites for hydroxylation is 1. The van der Waals surface area contributed by atoms with Gasteiger partial charge in [0.25, 0.3) is 0 Å². The Morgan fingerprint density at radius 1 is 1.26 bits per heavy atom. The highest BCUT2D eigenvalue weighted by Crippen LogP contribution is 2.39. The molecule has 27 heavy (non-hydrogen) atoms. The van der Waals surface area contributed by atoms with Crippen LogP contribution in [0, 0.1) is 6.92 Å². The van der Waals surface area contributed by atoms with Crippen LogP contribution in [0.2, 0.25) is 0 Å². The first-order chi connectivity index (χ1) is 13.1. The molecule has 6 heteroatoms. The van der Waals surface area contributed by atoms with Gasteiger partial charge in [0.2, 0.25) is 5.91 Å². The fourth-order valence-electron chi connectivity index (χ4n) is 4.48. The Hall–Kier alpha value is -2.18. The number of hydrogen-bond acceptors (Lipinski definition) is 4. The Labute approximate surface area is 160 Å². The Kier molecular flexibility index (Phi) is 5.02. The molecule has 0 radical (unpaired) electrons. The van der Waals surface area contributed by atoms with Crippen molar-refractivity contribution in [3.63, 3.8) is 0 Å². The van der Waals surface area contributed by atoms with E-state index in [1.165, 1.54) is 5.56 Å². The van der Waals surface area contributed by atoms with Gasteiger partial charge < -0.3 is 10.4 Å². The van der Waals surface area contributed by atoms with Crippen LogP contribution in [-0.4, -0.2) is 50.9 Å². The summed E-state index contributed by atoms with van der Waals surface area (Å²) in [4.78, 5) is 15.0. The van der Waals surface area contributed by atoms with Crippen molar-refractivity contribution < 1.29 is 9.90 Å². The van der Waals surface area contributed by atoms with Gasteiger partial charge in [-0.15, -0.1) is 0 Å². The van der Waals surface area contributed by atoms with Crippen LogP contribution in [0.5, 0.6) is 0 Å². The van der Waals surface area contributed by atoms with Gasteiger partial charge in [0, 0.05) is 36.9 Å². The van der Waals surface area contributed by atoms with Crippen LogP contribution >= 0.6 is 0 Å². The molecule has 2 aromatic rings. The van der Waals surface area contributed by atoms with E-state index in [0.717, 1.165) is 50.2 Å². The molecule has 1 amide bonds. The third-order valence-electron chi connectivity index (χ3n) is 6.09. The minimum absolute atomic E-state index is 0.0169. The third kappa shape index (κ3) is 3.77. The van der Waals surface area contributed by atoms with Crippen molar-refractivity contribution in [3.05, 3.63) is 53.3 Å². The summed E-state index contributed by atoms with van der Waals surface area (Å²) in [5.41, 5.74) is 3.32. The number of likely N-dealkylation sites (tertiary alicyclic amines) is 1. The van der Waals surface area contributed by atoms with E-state index in [-0.39, 0.29) is 24.0 Å². The van der Waals surface area contributed by atoms with E-state index in [1.54, 1.807) is 0 Å². The SMILES string of the molecule is Cc1nn(CCO)cc1CN1CCC2(CC1)C[C@H](c1ccccc1)C(=O)N2. The highest BCUT2D eigenvalue weighted by Gasteiger charge is 2.46. The molecule has 2 aliphatic rings. The Bertz CT molecular complexity index is 794. The molecule has 2 aliphatic heterocycles. The number of piperidine rings is 1. The summed E-state index contributed by atoms with van der Waals surface area (Å²) < 4.78 is 1.82. The van der Waals surface area contributed by atoms with Crippen LogP contribution < -0.4 is 5.32 Å². The maximum absolute atomic E-state index is 12.6. The van der Waals surface area contributed by atoms with Crippen LogP contribution in [0.1, 0.15) is 42.0 Å². The number of aliphatic hydroxyl groups is 1. The fourth-order valence-corrected chi connectivity index (χ4v) is 4.48. The lowest BCUT2D eigenvalue weighted by Crippen LogP contribution is -2.50. The molecule has 0 saturated carbocycles. The van der Waals surface area contributed by atoms with E-state index in [9.17, 15) is 4.79 Å². The molecule has 1 atom stereocenters. The van der Waals surface area contributed by atoms with Gasteiger partial charge in [-0.25, -0.2) is 0 Å². The Balaban J connectivity index is 1.37. The van der Waals surface area contributed by atoms with Crippen molar-refractivity contribution in [1.82, 2.24) is 20.0 Å². The Morgan fingerprint density at radius 2 is 2.00 bits per heavy atom. The topological polar surface area (TPSA) is 70.4 Å². The van der Waals surface area contributed by atoms with Gasteiger partial charge in [0.05, 0.1) is 24.8 Å². The first-order valence-corrected chi connectivity index (χ1v) is 9.82. The van der Waals surface area contributed by atoms with Gasteiger partial charge in [-0.05, 0) is 31.7 Å². The number of nitrogens with one attached hydrogen (secondary N) is 1. The van der Waals surface area contributed by atoms with Crippen molar-refractivity contribution in [1.29, 1.82) is 0 Å². The second-order valence-corrected chi connectivity index (χ2v) is 7.94. The summed E-state index contributed by atoms with van der Waals surface area (Å²) in [5.74, 6) is 0.160. The van der Waals surface area contributed by atoms with Gasteiger partial charge >= 0.3 is 0 Å². The molecular weight excluding hydrogens is 340 g/mol. The first-order valence-electron chi connectivity index (χ1n) is 9.82. The number of aliphatic hydroxyl groups excluding tert-OH is 1. The smallest absolute Gasteiger partial charge is 0.228 e. The molecular formula is C21H28N4O2. The van der Waals surface area contributed by atoms with E-state index >= 15 is 0 Å². The number of carbonyl (C=O) groups excluding carboxylic acids is 1. The fraction of sp³-hybridized carbons (Fsp3) is 0.524. The molecule has 6 nitrogen and oxygen atoms in total. The van der Waals surface area contributed by atoms with Crippen LogP contribution in [-0.2, 0) is 17.9 Å². The highest BCUT2D eigenvalue weighted by molar-refractivity contribution is 5.87. The van der Waals surface area contributed by atoms with Crippen LogP contribution in [0.4, 0.5) is 0 Å². The minimum atomic E-state index is -0.0514. The summed E-state index contributed by atoms with van der Waals surface area (Å²) in [5, 5.41) is 16.9. The number of nitrogens with zero attached hydrogens (tertiary/aromatic N) is 3. The van der Waals surface area contributed by atoms with Gasteiger partial charge in [-0.3, -0.25) is 14.4 Å². The van der Waals surface area contributed by atoms with Gasteiger partial charge in [-0.1, -0.05) is 30.3 Å². The number of carbonyl (C=O) groups is 1. The number of amides is 1. The quantitative estimate of drug-likeness (QED) is 0.845. The molecule has 3 heterocycles. The summed E-state index contributed by atoms with van der Waals surface area (Å²) in [6, 6.07) is 10.1. The zero-order valence-electron chi connectivity index (χ0n) is 15.9. The monoisotopic (exact) mass is 368 g/mol. The van der Waals surface area contributed by atoms with Crippen molar-refractivity contribution in [2.24, 2.45) is 0 Å². The van der Waals surface area contributed by atoms with Crippen LogP contribution in [0.15, 0.2) is 36.5 Å². The molecule has 1 aromatic heterocycles. The third-order valence-corrected chi connectivity index (χ3v) is 6.09. The lowest BCUT2D eigenvalue weighted by Gasteiger charge is -2.39. The molecule has 0 aliphatic carbocycles. The van der Waals surface area contributed by atoms with Crippen LogP contribution in [0.25, 0.3) is 0 Å². The summed E-state index contributed by atoms with van der Waals surface area (Å²) in [6.07, 6.45) is 4.92. The number of rotatable bonds is 5. The largest absolute Gasteiger partial charge is 0.394 e. The molecule has 0 unspecified atom stereocenters. The first kappa shape index (κ1) is 18.2. The number of hydrogen-bond donors (Lipinski definition) is 2. The zero-order valence-corrected chi connectivity index (χ0v) is 15.9. The minimum Gasteiger partial charge on any atom is -0.394 e. The summed E-state index contributed by atoms with van der Waals surface area (Å²) in [6.45, 7) is 5.50. The maximum Gasteiger partial charge on any atom is 0.228 e. The highest BCUT2D eigenvalue weighted by atomic mass is 16.3. The van der Waals surface area contributed by atoms with Crippen molar-refractivity contribution >= 4 is 5.91 Å². The lowest BCUT2D eigenvalue weighted by atomic mass is 9.82. The van der Waals surface area contributed by atoms with Crippen molar-refractivity contribution in [3.8, 4) is 0 Å². The number of aromatic nitrogens is 2. The molecule has 144 valence electrons. The Morgan fingerprint density at radius 3 is 2.70 bits per heavy atom. The van der Waals surface area contributed by atoms with Gasteiger partial charge in [-0.2, -0.15) is 5.10 Å². The van der Waals surface area contributed by atoms with E-state index < -0.39 is 0 Å². The van der Waals surface area contributed by atoms with E-state index in [0.29, 0.717) is 6.54 Å². The molecule has 0 bridgehead atoms. The predicted molar refractivity (Wildman–Crippen MR) is 103 cm³/mol. The molecule has 4 rings (SSSR count). The standard InChI is InChI=1S/C21H28N4O2/c1-16-18(15-25(23-16)11-12-26)14-24-9-7-21(8-10-24)13-19(20(27)22-21)17-5-3-2-4-6-17/h2-6,15,19,26H,7-14H2,1H3,(H,22,27)/t19-/m1/s1. The number of benzene rings is 1. The summed E-state index contributed by atoms with van der Waals surface area (Å²) in [7, 11) is 0. The maximum atomic E-state index is 12.6. The molecule has 1 spiro atoms. The van der Waals surface area contributed by atoms with E-state index in [4.69, 9.17) is 5.11 Å². The van der Waals surface area contributed by atoms with Crippen molar-refractivity contribution in [2.75, 3.05) is 19.7 Å². The predicted octanol–water partition coefficient (Wildman–Crippen LogP) is 1.82. The van der Waals surface area contributed by atoms with E-state index in [2.05, 4.69) is 27.4 Å². The van der Waals surface area contributed by atoms with Gasteiger partial charge in [0.1, 0.15) is 0 Å². The lowest BCUT2D eigenvalue weighted by molar-refractivity contribution is -0.121. The summed E-state index contributed by atoms with van der Waals surface area (Å²) >= 11 is 0. The normalized spacial score (nSPS) is 22.3. The second-order valence-electron chi connectivity index (χ2n) is 7.94. The second kappa shape index (κ2) is 7.44.